The van der Waals surface area contributed by atoms with Gasteiger partial charge in [0.25, 0.3) is 10.0 Å². The van der Waals surface area contributed by atoms with Crippen molar-refractivity contribution in [3.05, 3.63) is 41.2 Å². The zero-order valence-corrected chi connectivity index (χ0v) is 17.3. The van der Waals surface area contributed by atoms with E-state index in [0.717, 1.165) is 0 Å². The van der Waals surface area contributed by atoms with E-state index in [1.54, 1.807) is 26.0 Å². The van der Waals surface area contributed by atoms with Crippen LogP contribution in [0.4, 0.5) is 5.69 Å². The zero-order valence-electron chi connectivity index (χ0n) is 15.7. The monoisotopic (exact) mass is 427 g/mol. The van der Waals surface area contributed by atoms with Crippen molar-refractivity contribution in [1.82, 2.24) is 9.78 Å². The number of aromatic nitrogens is 2. The molecule has 9 nitrogen and oxygen atoms in total. The Morgan fingerprint density at radius 3 is 2.57 bits per heavy atom. The van der Waals surface area contributed by atoms with Crippen molar-refractivity contribution in [3.63, 3.8) is 0 Å². The number of sulfone groups is 1. The Morgan fingerprint density at radius 1 is 1.29 bits per heavy atom. The van der Waals surface area contributed by atoms with E-state index in [0.29, 0.717) is 12.1 Å². The number of carbonyl (C=O) groups excluding carboxylic acids is 1. The van der Waals surface area contributed by atoms with Crippen molar-refractivity contribution >= 4 is 31.5 Å². The van der Waals surface area contributed by atoms with Crippen LogP contribution in [0.2, 0.25) is 0 Å². The average Bonchev–Trinajstić information content (AvgIpc) is 3.13. The number of sulfonamides is 1. The van der Waals surface area contributed by atoms with Crippen molar-refractivity contribution in [1.29, 1.82) is 0 Å². The summed E-state index contributed by atoms with van der Waals surface area (Å²) >= 11 is 0. The first-order chi connectivity index (χ1) is 13.1. The van der Waals surface area contributed by atoms with Crippen LogP contribution in [0.15, 0.2) is 29.2 Å². The Bertz CT molecular complexity index is 1140. The number of benzene rings is 1. The van der Waals surface area contributed by atoms with Gasteiger partial charge in [0.1, 0.15) is 4.90 Å². The number of nitrogens with zero attached hydrogens (tertiary/aromatic N) is 2. The third-order valence-electron chi connectivity index (χ3n) is 4.66. The maximum Gasteiger partial charge on any atom is 0.339 e. The van der Waals surface area contributed by atoms with Crippen molar-refractivity contribution < 1.29 is 26.4 Å². The van der Waals surface area contributed by atoms with Crippen LogP contribution < -0.4 is 4.72 Å². The first-order valence-electron chi connectivity index (χ1n) is 8.52. The van der Waals surface area contributed by atoms with Gasteiger partial charge in [0.05, 0.1) is 47.3 Å². The highest BCUT2D eigenvalue weighted by Crippen LogP contribution is 2.30. The molecule has 2 aromatic rings. The van der Waals surface area contributed by atoms with Gasteiger partial charge in [0, 0.05) is 0 Å². The normalized spacial score (nSPS) is 18.8. The van der Waals surface area contributed by atoms with Gasteiger partial charge in [-0.25, -0.2) is 21.6 Å². The molecule has 0 radical (unpaired) electrons. The van der Waals surface area contributed by atoms with Gasteiger partial charge in [0.2, 0.25) is 0 Å². The van der Waals surface area contributed by atoms with Gasteiger partial charge in [-0.15, -0.1) is 0 Å². The summed E-state index contributed by atoms with van der Waals surface area (Å²) in [5.41, 5.74) is 0.773. The van der Waals surface area contributed by atoms with Crippen molar-refractivity contribution in [2.75, 3.05) is 23.3 Å². The number of aryl methyl sites for hydroxylation is 1. The van der Waals surface area contributed by atoms with Gasteiger partial charge in [-0.3, -0.25) is 9.40 Å². The molecule has 0 bridgehead atoms. The molecule has 1 saturated heterocycles. The Kier molecular flexibility index (Phi) is 5.24. The molecule has 0 spiro atoms. The number of rotatable bonds is 5. The van der Waals surface area contributed by atoms with E-state index in [1.807, 2.05) is 0 Å². The lowest BCUT2D eigenvalue weighted by molar-refractivity contribution is 0.0602. The lowest BCUT2D eigenvalue weighted by Crippen LogP contribution is -2.18. The van der Waals surface area contributed by atoms with Crippen LogP contribution in [0.5, 0.6) is 0 Å². The molecular formula is C17H21N3O6S2. The summed E-state index contributed by atoms with van der Waals surface area (Å²) in [7, 11) is -6.00. The van der Waals surface area contributed by atoms with Crippen molar-refractivity contribution in [2.24, 2.45) is 0 Å². The third-order valence-corrected chi connectivity index (χ3v) is 8.03. The average molecular weight is 428 g/mol. The van der Waals surface area contributed by atoms with Crippen LogP contribution in [0.3, 0.4) is 0 Å². The summed E-state index contributed by atoms with van der Waals surface area (Å²) in [5.74, 6) is -0.672. The van der Waals surface area contributed by atoms with Crippen LogP contribution in [-0.2, 0) is 24.6 Å². The van der Waals surface area contributed by atoms with Crippen LogP contribution in [0.25, 0.3) is 0 Å². The number of nitrogens with one attached hydrogen (secondary N) is 1. The minimum atomic E-state index is -4.07. The standard InChI is InChI=1S/C17H21N3O6S2/c1-11-16(12(2)20(18-11)13-8-9-27(22,23)10-13)28(24,25)19-15-7-5-4-6-14(15)17(21)26-3/h4-7,13,19H,8-10H2,1-3H3. The quantitative estimate of drug-likeness (QED) is 0.716. The maximum absolute atomic E-state index is 13.0. The molecule has 1 aliphatic heterocycles. The fourth-order valence-electron chi connectivity index (χ4n) is 3.42. The summed E-state index contributed by atoms with van der Waals surface area (Å²) in [6, 6.07) is 5.71. The second kappa shape index (κ2) is 7.21. The number of methoxy groups -OCH3 is 1. The molecule has 1 N–H and O–H groups in total. The molecule has 0 aliphatic carbocycles. The summed E-state index contributed by atoms with van der Waals surface area (Å²) in [6.45, 7) is 3.14. The van der Waals surface area contributed by atoms with E-state index in [2.05, 4.69) is 14.6 Å². The predicted octanol–water partition coefficient (Wildman–Crippen LogP) is 1.45. The van der Waals surface area contributed by atoms with Crippen LogP contribution in [-0.4, -0.2) is 51.2 Å². The molecule has 28 heavy (non-hydrogen) atoms. The van der Waals surface area contributed by atoms with E-state index < -0.39 is 31.9 Å². The maximum atomic E-state index is 13.0. The van der Waals surface area contributed by atoms with Gasteiger partial charge in [-0.1, -0.05) is 12.1 Å². The molecule has 1 atom stereocenters. The first kappa shape index (κ1) is 20.3. The minimum Gasteiger partial charge on any atom is -0.465 e. The summed E-state index contributed by atoms with van der Waals surface area (Å²) in [6.07, 6.45) is 0.391. The molecule has 1 aliphatic rings. The Labute approximate surface area is 163 Å². The highest BCUT2D eigenvalue weighted by molar-refractivity contribution is 7.93. The van der Waals surface area contributed by atoms with E-state index >= 15 is 0 Å². The highest BCUT2D eigenvalue weighted by Gasteiger charge is 2.34. The number of carbonyl (C=O) groups is 1. The number of hydrogen-bond acceptors (Lipinski definition) is 7. The first-order valence-corrected chi connectivity index (χ1v) is 11.8. The second-order valence-electron chi connectivity index (χ2n) is 6.64. The fraction of sp³-hybridized carbons (Fsp3) is 0.412. The largest absolute Gasteiger partial charge is 0.465 e. The molecule has 3 rings (SSSR count). The number of esters is 1. The lowest BCUT2D eigenvalue weighted by atomic mass is 10.2. The van der Waals surface area contributed by atoms with Crippen molar-refractivity contribution in [2.45, 2.75) is 31.2 Å². The zero-order chi connectivity index (χ0) is 20.7. The molecule has 11 heteroatoms. The van der Waals surface area contributed by atoms with Crippen LogP contribution in [0, 0.1) is 13.8 Å². The third kappa shape index (κ3) is 3.76. The van der Waals surface area contributed by atoms with Gasteiger partial charge in [-0.05, 0) is 32.4 Å². The smallest absolute Gasteiger partial charge is 0.339 e. The van der Waals surface area contributed by atoms with Gasteiger partial charge < -0.3 is 4.74 Å². The molecule has 152 valence electrons. The molecular weight excluding hydrogens is 406 g/mol. The summed E-state index contributed by atoms with van der Waals surface area (Å²) < 4.78 is 58.2. The van der Waals surface area contributed by atoms with E-state index in [9.17, 15) is 21.6 Å². The van der Waals surface area contributed by atoms with E-state index in [4.69, 9.17) is 0 Å². The fourth-order valence-corrected chi connectivity index (χ4v) is 6.59. The second-order valence-corrected chi connectivity index (χ2v) is 10.5. The Morgan fingerprint density at radius 2 is 1.96 bits per heavy atom. The van der Waals surface area contributed by atoms with E-state index in [-0.39, 0.29) is 33.3 Å². The lowest BCUT2D eigenvalue weighted by Gasteiger charge is -2.13. The minimum absolute atomic E-state index is 0.0310. The van der Waals surface area contributed by atoms with Gasteiger partial charge >= 0.3 is 5.97 Å². The Hall–Kier alpha value is -2.40. The molecule has 1 aromatic heterocycles. The highest BCUT2D eigenvalue weighted by atomic mass is 32.2. The SMILES string of the molecule is COC(=O)c1ccccc1NS(=O)(=O)c1c(C)nn(C2CCS(=O)(=O)C2)c1C. The summed E-state index contributed by atoms with van der Waals surface area (Å²) in [5, 5.41) is 4.28. The van der Waals surface area contributed by atoms with Gasteiger partial charge in [0.15, 0.2) is 9.84 Å². The van der Waals surface area contributed by atoms with Crippen LogP contribution in [0.1, 0.15) is 34.2 Å². The molecule has 2 heterocycles. The number of anilines is 1. The topological polar surface area (TPSA) is 124 Å². The molecule has 1 aromatic carbocycles. The molecule has 1 unspecified atom stereocenters. The van der Waals surface area contributed by atoms with Crippen molar-refractivity contribution in [3.8, 4) is 0 Å². The molecule has 1 fully saturated rings. The Balaban J connectivity index is 1.99. The van der Waals surface area contributed by atoms with E-state index in [1.165, 1.54) is 23.9 Å². The van der Waals surface area contributed by atoms with Gasteiger partial charge in [-0.2, -0.15) is 5.10 Å². The predicted molar refractivity (Wildman–Crippen MR) is 103 cm³/mol. The molecule has 0 saturated carbocycles. The molecule has 0 amide bonds. The summed E-state index contributed by atoms with van der Waals surface area (Å²) in [4.78, 5) is 11.9. The number of hydrogen-bond donors (Lipinski definition) is 1. The number of para-hydroxylation sites is 1. The number of ether oxygens (including phenoxy) is 1. The van der Waals surface area contributed by atoms with Crippen LogP contribution >= 0.6 is 0 Å².